The minimum Gasteiger partial charge on any atom is -0.523 e. The molecular formula is C42H32BN5O. The maximum absolute atomic E-state index is 7.09. The molecule has 7 aromatic rings. The van der Waals surface area contributed by atoms with Crippen LogP contribution in [0.3, 0.4) is 0 Å². The maximum Gasteiger partial charge on any atom is 0.630 e. The number of amidine groups is 2. The third-order valence-corrected chi connectivity index (χ3v) is 10.0. The highest BCUT2D eigenvalue weighted by Gasteiger charge is 2.41. The lowest BCUT2D eigenvalue weighted by Gasteiger charge is -2.27. The lowest BCUT2D eigenvalue weighted by Crippen LogP contribution is -2.54. The van der Waals surface area contributed by atoms with Gasteiger partial charge in [-0.15, -0.1) is 0 Å². The lowest BCUT2D eigenvalue weighted by molar-refractivity contribution is 0.531. The Hall–Kier alpha value is -5.95. The summed E-state index contributed by atoms with van der Waals surface area (Å²) in [7, 11) is -0.608. The second kappa shape index (κ2) is 11.1. The fraction of sp³-hybridized carbons (Fsp3) is 0.119. The van der Waals surface area contributed by atoms with E-state index < -0.39 is 7.19 Å². The van der Waals surface area contributed by atoms with Crippen molar-refractivity contribution in [2.75, 3.05) is 0 Å². The number of fused-ring (bicyclic) bond motifs is 10. The highest BCUT2D eigenvalue weighted by Crippen LogP contribution is 2.41. The van der Waals surface area contributed by atoms with Crippen LogP contribution in [0.15, 0.2) is 142 Å². The van der Waals surface area contributed by atoms with Crippen molar-refractivity contribution in [3.8, 4) is 5.75 Å². The Labute approximate surface area is 284 Å². The van der Waals surface area contributed by atoms with Gasteiger partial charge in [0.1, 0.15) is 17.1 Å². The Morgan fingerprint density at radius 1 is 0.592 bits per heavy atom. The molecule has 234 valence electrons. The molecule has 5 aromatic carbocycles. The Kier molecular flexibility index (Phi) is 6.34. The van der Waals surface area contributed by atoms with Gasteiger partial charge in [0, 0.05) is 38.2 Å². The molecule has 10 rings (SSSR count). The summed E-state index contributed by atoms with van der Waals surface area (Å²) in [6, 6.07) is 44.7. The molecular weight excluding hydrogens is 601 g/mol. The first-order valence-corrected chi connectivity index (χ1v) is 17.2. The summed E-state index contributed by atoms with van der Waals surface area (Å²) in [4.78, 5) is 15.9. The molecule has 2 aromatic heterocycles. The predicted molar refractivity (Wildman–Crippen MR) is 199 cm³/mol. The summed E-state index contributed by atoms with van der Waals surface area (Å²) in [5.74, 6) is 2.90. The molecule has 3 aliphatic heterocycles. The standard InChI is InChI=1S/C42H32BN5O/c1-2-3-5-14-27-23-25-28(26-24-27)36-37-30-17-8-12-21-34(30)41-45-39-32-19-10-11-20-33(32)40(44-39)46-42-35-22-13-9-18-31(35)38(36)48(42)43(47(37)41)49-29-15-6-4-7-16-29/h4,6-13,15-26H,2-3,5,14H2,1H3. The van der Waals surface area contributed by atoms with Crippen LogP contribution in [0.5, 0.6) is 5.75 Å². The van der Waals surface area contributed by atoms with Crippen LogP contribution in [0, 0.1) is 0 Å². The van der Waals surface area contributed by atoms with Crippen molar-refractivity contribution in [1.29, 1.82) is 0 Å². The maximum atomic E-state index is 7.09. The van der Waals surface area contributed by atoms with Crippen LogP contribution < -0.4 is 15.5 Å². The molecule has 5 heterocycles. The second-order valence-electron chi connectivity index (χ2n) is 13.0. The van der Waals surface area contributed by atoms with Crippen LogP contribution in [-0.2, 0) is 6.42 Å². The van der Waals surface area contributed by atoms with Crippen molar-refractivity contribution < 1.29 is 4.65 Å². The second-order valence-corrected chi connectivity index (χ2v) is 13.0. The molecule has 6 nitrogen and oxygen atoms in total. The molecule has 0 saturated heterocycles. The molecule has 0 unspecified atom stereocenters. The Morgan fingerprint density at radius 3 is 2.00 bits per heavy atom. The summed E-state index contributed by atoms with van der Waals surface area (Å²) < 4.78 is 11.6. The summed E-state index contributed by atoms with van der Waals surface area (Å²) in [6.07, 6.45) is 4.75. The number of hydrogen-bond acceptors (Lipinski definition) is 4. The average molecular weight is 634 g/mol. The van der Waals surface area contributed by atoms with Gasteiger partial charge < -0.3 is 13.6 Å². The lowest BCUT2D eigenvalue weighted by atomic mass is 9.89. The SMILES string of the molecule is CCCCCc1ccc(C2=c3c4ccccc4c4n3B(Oc3ccccc3)n3c(c5ccccc5c32)N=C2N=C(N=4)c3ccccc32)cc1. The van der Waals surface area contributed by atoms with Crippen LogP contribution >= 0.6 is 0 Å². The van der Waals surface area contributed by atoms with E-state index in [1.807, 2.05) is 42.5 Å². The zero-order chi connectivity index (χ0) is 32.5. The molecule has 0 atom stereocenters. The van der Waals surface area contributed by atoms with Gasteiger partial charge in [-0.1, -0.05) is 135 Å². The molecule has 0 amide bonds. The van der Waals surface area contributed by atoms with Crippen LogP contribution in [0.4, 0.5) is 5.82 Å². The van der Waals surface area contributed by atoms with Crippen molar-refractivity contribution >= 4 is 51.8 Å². The van der Waals surface area contributed by atoms with Crippen molar-refractivity contribution in [2.24, 2.45) is 15.0 Å². The predicted octanol–water partition coefficient (Wildman–Crippen LogP) is 7.82. The van der Waals surface area contributed by atoms with Crippen molar-refractivity contribution in [2.45, 2.75) is 32.6 Å². The number of aliphatic imine (C=N–C) groups is 2. The Bertz CT molecular complexity index is 2650. The summed E-state index contributed by atoms with van der Waals surface area (Å²) in [5.41, 5.74) is 7.50. The van der Waals surface area contributed by atoms with E-state index in [4.69, 9.17) is 19.6 Å². The fourth-order valence-electron chi connectivity index (χ4n) is 7.78. The van der Waals surface area contributed by atoms with Gasteiger partial charge in [0.25, 0.3) is 0 Å². The molecule has 49 heavy (non-hydrogen) atoms. The van der Waals surface area contributed by atoms with Gasteiger partial charge in [0.05, 0.1) is 11.0 Å². The average Bonchev–Trinajstić information content (AvgIpc) is 3.78. The highest BCUT2D eigenvalue weighted by atomic mass is 16.5. The molecule has 7 heteroatoms. The van der Waals surface area contributed by atoms with E-state index in [9.17, 15) is 0 Å². The largest absolute Gasteiger partial charge is 0.630 e. The number of rotatable bonds is 7. The quantitative estimate of drug-likeness (QED) is 0.131. The number of aryl methyl sites for hydroxylation is 1. The molecule has 0 radical (unpaired) electrons. The van der Waals surface area contributed by atoms with E-state index >= 15 is 0 Å². The topological polar surface area (TPSA) is 56.2 Å². The zero-order valence-corrected chi connectivity index (χ0v) is 27.2. The van der Waals surface area contributed by atoms with Gasteiger partial charge >= 0.3 is 7.19 Å². The van der Waals surface area contributed by atoms with Gasteiger partial charge in [-0.25, -0.2) is 15.0 Å². The zero-order valence-electron chi connectivity index (χ0n) is 27.2. The molecule has 3 aliphatic rings. The fourth-order valence-corrected chi connectivity index (χ4v) is 7.78. The minimum atomic E-state index is -0.608. The van der Waals surface area contributed by atoms with Crippen LogP contribution in [0.2, 0.25) is 0 Å². The van der Waals surface area contributed by atoms with E-state index in [0.717, 1.165) is 78.3 Å². The Balaban J connectivity index is 1.39. The number of aromatic nitrogens is 2. The number of unbranched alkanes of at least 4 members (excludes halogenated alkanes) is 2. The van der Waals surface area contributed by atoms with Crippen molar-refractivity contribution in [3.63, 3.8) is 0 Å². The molecule has 4 bridgehead atoms. The third kappa shape index (κ3) is 4.25. The highest BCUT2D eigenvalue weighted by molar-refractivity contribution is 6.52. The van der Waals surface area contributed by atoms with Gasteiger partial charge in [-0.05, 0) is 36.1 Å². The van der Waals surface area contributed by atoms with Gasteiger partial charge in [0.15, 0.2) is 11.7 Å². The van der Waals surface area contributed by atoms with Crippen LogP contribution in [-0.4, -0.2) is 27.8 Å². The normalized spacial score (nSPS) is 14.1. The summed E-state index contributed by atoms with van der Waals surface area (Å²) in [5, 5.41) is 5.42. The molecule has 0 N–H and O–H groups in total. The van der Waals surface area contributed by atoms with Crippen molar-refractivity contribution in [1.82, 2.24) is 8.96 Å². The first-order valence-electron chi connectivity index (χ1n) is 17.2. The first kappa shape index (κ1) is 28.1. The number of hydrogen-bond donors (Lipinski definition) is 0. The van der Waals surface area contributed by atoms with Gasteiger partial charge in [-0.2, -0.15) is 0 Å². The monoisotopic (exact) mass is 633 g/mol. The molecule has 0 spiro atoms. The van der Waals surface area contributed by atoms with E-state index in [-0.39, 0.29) is 0 Å². The third-order valence-electron chi connectivity index (χ3n) is 10.0. The summed E-state index contributed by atoms with van der Waals surface area (Å²) in [6.45, 7) is 2.26. The van der Waals surface area contributed by atoms with Gasteiger partial charge in [0.2, 0.25) is 0 Å². The number of para-hydroxylation sites is 1. The van der Waals surface area contributed by atoms with E-state index in [0.29, 0.717) is 11.7 Å². The first-order chi connectivity index (χ1) is 24.3. The minimum absolute atomic E-state index is 0.608. The van der Waals surface area contributed by atoms with E-state index in [1.165, 1.54) is 24.8 Å². The molecule has 0 fully saturated rings. The number of benzene rings is 5. The number of nitrogens with zero attached hydrogens (tertiary/aromatic N) is 5. The smallest absolute Gasteiger partial charge is 0.523 e. The van der Waals surface area contributed by atoms with E-state index in [1.54, 1.807) is 0 Å². The Morgan fingerprint density at radius 2 is 1.24 bits per heavy atom. The van der Waals surface area contributed by atoms with Crippen LogP contribution in [0.25, 0.3) is 27.1 Å². The van der Waals surface area contributed by atoms with Crippen LogP contribution in [0.1, 0.15) is 54.1 Å². The van der Waals surface area contributed by atoms with Crippen molar-refractivity contribution in [3.05, 3.63) is 166 Å². The molecule has 0 saturated carbocycles. The summed E-state index contributed by atoms with van der Waals surface area (Å²) >= 11 is 0. The molecule has 0 aliphatic carbocycles. The van der Waals surface area contributed by atoms with E-state index in [2.05, 4.69) is 101 Å². The van der Waals surface area contributed by atoms with Gasteiger partial charge in [-0.3, -0.25) is 0 Å².